The van der Waals surface area contributed by atoms with Crippen LogP contribution < -0.4 is 10.2 Å². The number of hydrogen-bond acceptors (Lipinski definition) is 4. The van der Waals surface area contributed by atoms with E-state index in [1.165, 1.54) is 0 Å². The number of amides is 1. The van der Waals surface area contributed by atoms with Crippen LogP contribution in [0, 0.1) is 0 Å². The number of halogens is 1. The number of nitrogens with one attached hydrogen (secondary N) is 1. The molecule has 0 atom stereocenters. The second-order valence-electron chi connectivity index (χ2n) is 5.78. The monoisotopic (exact) mass is 388 g/mol. The van der Waals surface area contributed by atoms with Crippen LogP contribution in [0.5, 0.6) is 0 Å². The molecule has 0 radical (unpaired) electrons. The number of nitrogens with zero attached hydrogens (tertiary/aromatic N) is 3. The minimum atomic E-state index is -0.0246. The first-order chi connectivity index (χ1) is 11.7. The van der Waals surface area contributed by atoms with Gasteiger partial charge in [0.25, 0.3) is 5.91 Å². The molecule has 5 nitrogen and oxygen atoms in total. The summed E-state index contributed by atoms with van der Waals surface area (Å²) in [7, 11) is 0. The molecule has 126 valence electrons. The van der Waals surface area contributed by atoms with Crippen LogP contribution in [0.15, 0.2) is 53.1 Å². The fraction of sp³-hybridized carbons (Fsp3) is 0.333. The summed E-state index contributed by atoms with van der Waals surface area (Å²) >= 11 is 3.39. The second kappa shape index (κ2) is 8.26. The summed E-state index contributed by atoms with van der Waals surface area (Å²) in [4.78, 5) is 21.2. The van der Waals surface area contributed by atoms with Crippen LogP contribution >= 0.6 is 15.9 Å². The van der Waals surface area contributed by atoms with Gasteiger partial charge in [0.2, 0.25) is 0 Å². The van der Waals surface area contributed by atoms with Crippen molar-refractivity contribution in [2.24, 2.45) is 0 Å². The molecule has 0 unspecified atom stereocenters. The van der Waals surface area contributed by atoms with Crippen molar-refractivity contribution in [3.8, 4) is 0 Å². The first-order valence-corrected chi connectivity index (χ1v) is 8.94. The zero-order valence-electron chi connectivity index (χ0n) is 13.5. The number of pyridine rings is 1. The van der Waals surface area contributed by atoms with E-state index >= 15 is 0 Å². The molecule has 1 fully saturated rings. The molecule has 1 saturated heterocycles. The Balaban J connectivity index is 1.40. The predicted octanol–water partition coefficient (Wildman–Crippen LogP) is 2.40. The van der Waals surface area contributed by atoms with Crippen molar-refractivity contribution in [2.45, 2.75) is 0 Å². The average molecular weight is 389 g/mol. The van der Waals surface area contributed by atoms with Crippen LogP contribution in [0.1, 0.15) is 10.4 Å². The maximum absolute atomic E-state index is 12.1. The van der Waals surface area contributed by atoms with E-state index in [2.05, 4.69) is 36.0 Å². The van der Waals surface area contributed by atoms with E-state index in [-0.39, 0.29) is 5.91 Å². The van der Waals surface area contributed by atoms with E-state index in [9.17, 15) is 4.79 Å². The van der Waals surface area contributed by atoms with E-state index in [4.69, 9.17) is 0 Å². The largest absolute Gasteiger partial charge is 0.354 e. The van der Waals surface area contributed by atoms with Crippen LogP contribution in [-0.4, -0.2) is 55.1 Å². The normalized spacial score (nSPS) is 15.3. The lowest BCUT2D eigenvalue weighted by molar-refractivity contribution is 0.0947. The van der Waals surface area contributed by atoms with Gasteiger partial charge in [-0.15, -0.1) is 0 Å². The summed E-state index contributed by atoms with van der Waals surface area (Å²) in [5.74, 6) is 1.02. The summed E-state index contributed by atoms with van der Waals surface area (Å²) in [6.07, 6.45) is 1.83. The zero-order chi connectivity index (χ0) is 16.8. The molecule has 2 heterocycles. The maximum atomic E-state index is 12.1. The van der Waals surface area contributed by atoms with Crippen molar-refractivity contribution in [1.82, 2.24) is 15.2 Å². The summed E-state index contributed by atoms with van der Waals surface area (Å²) < 4.78 is 0.917. The summed E-state index contributed by atoms with van der Waals surface area (Å²) in [5, 5.41) is 2.99. The fourth-order valence-corrected chi connectivity index (χ4v) is 3.20. The van der Waals surface area contributed by atoms with Crippen LogP contribution in [0.3, 0.4) is 0 Å². The Morgan fingerprint density at radius 1 is 1.12 bits per heavy atom. The van der Waals surface area contributed by atoms with Gasteiger partial charge in [0.1, 0.15) is 5.82 Å². The molecule has 0 bridgehead atoms. The number of carbonyl (C=O) groups is 1. The molecule has 1 aliphatic rings. The molecule has 24 heavy (non-hydrogen) atoms. The Hall–Kier alpha value is -1.92. The third-order valence-electron chi connectivity index (χ3n) is 4.15. The number of benzene rings is 1. The number of hydrogen-bond donors (Lipinski definition) is 1. The quantitative estimate of drug-likeness (QED) is 0.854. The Labute approximate surface area is 150 Å². The molecule has 1 N–H and O–H groups in total. The maximum Gasteiger partial charge on any atom is 0.251 e. The molecule has 0 aliphatic carbocycles. The third-order valence-corrected chi connectivity index (χ3v) is 4.64. The van der Waals surface area contributed by atoms with Crippen molar-refractivity contribution in [3.63, 3.8) is 0 Å². The van der Waals surface area contributed by atoms with Crippen molar-refractivity contribution < 1.29 is 4.79 Å². The average Bonchev–Trinajstić information content (AvgIpc) is 2.63. The van der Waals surface area contributed by atoms with Crippen molar-refractivity contribution >= 4 is 27.7 Å². The Morgan fingerprint density at radius 2 is 1.96 bits per heavy atom. The van der Waals surface area contributed by atoms with Crippen LogP contribution in [-0.2, 0) is 0 Å². The highest BCUT2D eigenvalue weighted by Crippen LogP contribution is 2.13. The lowest BCUT2D eigenvalue weighted by Crippen LogP contribution is -2.48. The van der Waals surface area contributed by atoms with Crippen LogP contribution in [0.25, 0.3) is 0 Å². The summed E-state index contributed by atoms with van der Waals surface area (Å²) in [5.41, 5.74) is 0.685. The fourth-order valence-electron chi connectivity index (χ4n) is 2.80. The Bertz CT molecular complexity index is 672. The lowest BCUT2D eigenvalue weighted by Gasteiger charge is -2.35. The topological polar surface area (TPSA) is 48.5 Å². The Kier molecular flexibility index (Phi) is 5.82. The van der Waals surface area contributed by atoms with Gasteiger partial charge in [-0.25, -0.2) is 4.98 Å². The van der Waals surface area contributed by atoms with Gasteiger partial charge in [-0.1, -0.05) is 28.1 Å². The second-order valence-corrected chi connectivity index (χ2v) is 6.70. The van der Waals surface area contributed by atoms with Crippen LogP contribution in [0.2, 0.25) is 0 Å². The van der Waals surface area contributed by atoms with E-state index in [0.717, 1.165) is 43.0 Å². The molecule has 1 aromatic carbocycles. The summed E-state index contributed by atoms with van der Waals surface area (Å²) in [6.45, 7) is 5.45. The molecule has 1 aliphatic heterocycles. The standard InChI is InChI=1S/C18H21BrN4O/c19-16-5-3-4-15(14-16)18(24)21-8-9-22-10-12-23(13-11-22)17-6-1-2-7-20-17/h1-7,14H,8-13H2,(H,21,24). The van der Waals surface area contributed by atoms with Gasteiger partial charge in [0.05, 0.1) is 0 Å². The third kappa shape index (κ3) is 4.55. The van der Waals surface area contributed by atoms with Gasteiger partial charge in [-0.05, 0) is 30.3 Å². The lowest BCUT2D eigenvalue weighted by atomic mass is 10.2. The van der Waals surface area contributed by atoms with Gasteiger partial charge >= 0.3 is 0 Å². The molecule has 2 aromatic rings. The minimum Gasteiger partial charge on any atom is -0.354 e. The number of rotatable bonds is 5. The van der Waals surface area contributed by atoms with Gasteiger partial charge in [0.15, 0.2) is 0 Å². The van der Waals surface area contributed by atoms with E-state index in [0.29, 0.717) is 12.1 Å². The van der Waals surface area contributed by atoms with Crippen molar-refractivity contribution in [3.05, 3.63) is 58.7 Å². The predicted molar refractivity (Wildman–Crippen MR) is 99.4 cm³/mol. The molecule has 0 spiro atoms. The first-order valence-electron chi connectivity index (χ1n) is 8.14. The molecule has 6 heteroatoms. The molecular weight excluding hydrogens is 368 g/mol. The number of piperazine rings is 1. The SMILES string of the molecule is O=C(NCCN1CCN(c2ccccn2)CC1)c1cccc(Br)c1. The van der Waals surface area contributed by atoms with Gasteiger partial charge in [0, 0.05) is 55.5 Å². The number of aromatic nitrogens is 1. The minimum absolute atomic E-state index is 0.0246. The molecule has 1 amide bonds. The molecule has 1 aromatic heterocycles. The van der Waals surface area contributed by atoms with E-state index in [1.807, 2.05) is 48.7 Å². The highest BCUT2D eigenvalue weighted by molar-refractivity contribution is 9.10. The van der Waals surface area contributed by atoms with E-state index < -0.39 is 0 Å². The molecule has 3 rings (SSSR count). The Morgan fingerprint density at radius 3 is 2.67 bits per heavy atom. The van der Waals surface area contributed by atoms with E-state index in [1.54, 1.807) is 0 Å². The number of anilines is 1. The highest BCUT2D eigenvalue weighted by atomic mass is 79.9. The van der Waals surface area contributed by atoms with Gasteiger partial charge in [-0.2, -0.15) is 0 Å². The first kappa shape index (κ1) is 16.9. The van der Waals surface area contributed by atoms with Crippen molar-refractivity contribution in [1.29, 1.82) is 0 Å². The molecule has 0 saturated carbocycles. The smallest absolute Gasteiger partial charge is 0.251 e. The van der Waals surface area contributed by atoms with Crippen LogP contribution in [0.4, 0.5) is 5.82 Å². The highest BCUT2D eigenvalue weighted by Gasteiger charge is 2.17. The van der Waals surface area contributed by atoms with Gasteiger partial charge < -0.3 is 10.2 Å². The van der Waals surface area contributed by atoms with Crippen molar-refractivity contribution in [2.75, 3.05) is 44.2 Å². The zero-order valence-corrected chi connectivity index (χ0v) is 15.1. The number of carbonyl (C=O) groups excluding carboxylic acids is 1. The summed E-state index contributed by atoms with van der Waals surface area (Å²) in [6, 6.07) is 13.5. The molecular formula is C18H21BrN4O. The van der Waals surface area contributed by atoms with Gasteiger partial charge in [-0.3, -0.25) is 9.69 Å².